The molecule has 3 N–H and O–H groups in total. The van der Waals surface area contributed by atoms with E-state index in [1.807, 2.05) is 6.08 Å². The van der Waals surface area contributed by atoms with E-state index in [1.165, 1.54) is 4.88 Å². The van der Waals surface area contributed by atoms with Crippen LogP contribution >= 0.6 is 11.3 Å². The smallest absolute Gasteiger partial charge is 0.337 e. The number of aryl methyl sites for hydroxylation is 1. The van der Waals surface area contributed by atoms with E-state index in [0.717, 1.165) is 41.7 Å². The Morgan fingerprint density at radius 2 is 2.27 bits per heavy atom. The number of fused-ring (bicyclic) bond motifs is 1. The highest BCUT2D eigenvalue weighted by Gasteiger charge is 2.34. The van der Waals surface area contributed by atoms with Gasteiger partial charge in [0.05, 0.1) is 5.56 Å². The van der Waals surface area contributed by atoms with E-state index < -0.39 is 5.97 Å². The van der Waals surface area contributed by atoms with Gasteiger partial charge in [-0.15, -0.1) is 11.3 Å². The number of aromatic carboxylic acids is 1. The SMILES string of the molecule is CC1(C)CCc2sc(C3C=C(CN)C=CC3)c(C(=O)O)c2C1. The minimum atomic E-state index is -0.776. The molecule has 2 aliphatic rings. The number of carboxylic acids is 1. The highest BCUT2D eigenvalue weighted by molar-refractivity contribution is 7.12. The van der Waals surface area contributed by atoms with Crippen LogP contribution in [0.4, 0.5) is 0 Å². The average molecular weight is 317 g/mol. The molecule has 0 fully saturated rings. The first-order valence-electron chi connectivity index (χ1n) is 7.86. The van der Waals surface area contributed by atoms with Crippen molar-refractivity contribution in [3.63, 3.8) is 0 Å². The maximum atomic E-state index is 11.9. The number of hydrogen-bond acceptors (Lipinski definition) is 3. The summed E-state index contributed by atoms with van der Waals surface area (Å²) in [5.41, 5.74) is 8.69. The van der Waals surface area contributed by atoms with Crippen molar-refractivity contribution in [2.45, 2.75) is 45.4 Å². The zero-order chi connectivity index (χ0) is 15.9. The Morgan fingerprint density at radius 3 is 2.95 bits per heavy atom. The van der Waals surface area contributed by atoms with Crippen LogP contribution < -0.4 is 5.73 Å². The third-order valence-corrected chi connectivity index (χ3v) is 6.15. The van der Waals surface area contributed by atoms with Gasteiger partial charge in [0.15, 0.2) is 0 Å². The van der Waals surface area contributed by atoms with Gasteiger partial charge in [0.25, 0.3) is 0 Å². The molecule has 1 aromatic rings. The summed E-state index contributed by atoms with van der Waals surface area (Å²) in [5.74, 6) is -0.615. The van der Waals surface area contributed by atoms with E-state index in [2.05, 4.69) is 26.0 Å². The number of allylic oxidation sites excluding steroid dienone is 2. The lowest BCUT2D eigenvalue weighted by atomic mass is 9.75. The molecule has 1 aromatic heterocycles. The standard InChI is InChI=1S/C18H23NO2S/c1-18(2)7-6-14-13(9-18)15(17(20)21)16(22-14)12-5-3-4-11(8-12)10-19/h3-4,8,12H,5-7,9-10,19H2,1-2H3,(H,20,21). The number of rotatable bonds is 3. The number of thiophene rings is 1. The van der Waals surface area contributed by atoms with Gasteiger partial charge >= 0.3 is 5.97 Å². The summed E-state index contributed by atoms with van der Waals surface area (Å²) in [6.07, 6.45) is 10.2. The van der Waals surface area contributed by atoms with Gasteiger partial charge < -0.3 is 10.8 Å². The predicted octanol–water partition coefficient (Wildman–Crippen LogP) is 3.89. The molecule has 0 radical (unpaired) electrons. The topological polar surface area (TPSA) is 63.3 Å². The van der Waals surface area contributed by atoms with Crippen molar-refractivity contribution < 1.29 is 9.90 Å². The van der Waals surface area contributed by atoms with Gasteiger partial charge in [-0.1, -0.05) is 32.1 Å². The van der Waals surface area contributed by atoms with Crippen LogP contribution in [0.1, 0.15) is 58.3 Å². The third-order valence-electron chi connectivity index (χ3n) is 4.73. The zero-order valence-electron chi connectivity index (χ0n) is 13.2. The fraction of sp³-hybridized carbons (Fsp3) is 0.500. The zero-order valence-corrected chi connectivity index (χ0v) is 14.0. The second-order valence-corrected chi connectivity index (χ2v) is 8.22. The number of carboxylic acid groups (broad SMARTS) is 1. The van der Waals surface area contributed by atoms with Crippen molar-refractivity contribution in [2.24, 2.45) is 11.1 Å². The molecule has 0 saturated carbocycles. The second-order valence-electron chi connectivity index (χ2n) is 7.08. The number of hydrogen-bond donors (Lipinski definition) is 2. The summed E-state index contributed by atoms with van der Waals surface area (Å²) in [4.78, 5) is 14.2. The Kier molecular flexibility index (Phi) is 4.00. The van der Waals surface area contributed by atoms with Crippen LogP contribution in [0.5, 0.6) is 0 Å². The van der Waals surface area contributed by atoms with Gasteiger partial charge in [-0.25, -0.2) is 4.79 Å². The van der Waals surface area contributed by atoms with E-state index in [-0.39, 0.29) is 11.3 Å². The molecule has 1 unspecified atom stereocenters. The van der Waals surface area contributed by atoms with Crippen molar-refractivity contribution >= 4 is 17.3 Å². The van der Waals surface area contributed by atoms with Crippen LogP contribution in [0.25, 0.3) is 0 Å². The first-order valence-corrected chi connectivity index (χ1v) is 8.68. The van der Waals surface area contributed by atoms with Crippen LogP contribution in [0.2, 0.25) is 0 Å². The first kappa shape index (κ1) is 15.5. The van der Waals surface area contributed by atoms with E-state index in [1.54, 1.807) is 11.3 Å². The summed E-state index contributed by atoms with van der Waals surface area (Å²) < 4.78 is 0. The van der Waals surface area contributed by atoms with Crippen LogP contribution in [0.15, 0.2) is 23.8 Å². The highest BCUT2D eigenvalue weighted by Crippen LogP contribution is 2.45. The van der Waals surface area contributed by atoms with Crippen molar-refractivity contribution in [3.05, 3.63) is 44.7 Å². The Balaban J connectivity index is 2.06. The molecule has 2 aliphatic carbocycles. The second kappa shape index (κ2) is 5.67. The normalized spacial score (nSPS) is 23.0. The molecule has 22 heavy (non-hydrogen) atoms. The third kappa shape index (κ3) is 2.77. The lowest BCUT2D eigenvalue weighted by molar-refractivity contribution is 0.0694. The largest absolute Gasteiger partial charge is 0.478 e. The molecule has 0 bridgehead atoms. The summed E-state index contributed by atoms with van der Waals surface area (Å²) in [5, 5.41) is 9.78. The lowest BCUT2D eigenvalue weighted by Gasteiger charge is -2.29. The van der Waals surface area contributed by atoms with Gasteiger partial charge in [-0.3, -0.25) is 0 Å². The van der Waals surface area contributed by atoms with E-state index >= 15 is 0 Å². The Bertz CT molecular complexity index is 667. The van der Waals surface area contributed by atoms with Crippen LogP contribution in [-0.4, -0.2) is 17.6 Å². The molecular weight excluding hydrogens is 294 g/mol. The number of nitrogens with two attached hydrogens (primary N) is 1. The molecule has 1 atom stereocenters. The van der Waals surface area contributed by atoms with Crippen LogP contribution in [0, 0.1) is 5.41 Å². The van der Waals surface area contributed by atoms with Crippen LogP contribution in [0.3, 0.4) is 0 Å². The molecule has 4 heteroatoms. The monoisotopic (exact) mass is 317 g/mol. The van der Waals surface area contributed by atoms with E-state index in [9.17, 15) is 9.90 Å². The van der Waals surface area contributed by atoms with E-state index in [0.29, 0.717) is 12.1 Å². The molecule has 0 aromatic carbocycles. The fourth-order valence-corrected chi connectivity index (χ4v) is 4.90. The summed E-state index contributed by atoms with van der Waals surface area (Å²) in [6, 6.07) is 0. The predicted molar refractivity (Wildman–Crippen MR) is 90.7 cm³/mol. The molecule has 3 rings (SSSR count). The maximum Gasteiger partial charge on any atom is 0.337 e. The molecule has 0 aliphatic heterocycles. The van der Waals surface area contributed by atoms with Gasteiger partial charge in [-0.05, 0) is 42.2 Å². The molecule has 118 valence electrons. The lowest BCUT2D eigenvalue weighted by Crippen LogP contribution is -2.22. The summed E-state index contributed by atoms with van der Waals surface area (Å²) in [7, 11) is 0. The number of carbonyl (C=O) groups is 1. The van der Waals surface area contributed by atoms with Crippen molar-refractivity contribution in [3.8, 4) is 0 Å². The average Bonchev–Trinajstić information content (AvgIpc) is 2.84. The highest BCUT2D eigenvalue weighted by atomic mass is 32.1. The molecule has 1 heterocycles. The van der Waals surface area contributed by atoms with Crippen molar-refractivity contribution in [1.82, 2.24) is 0 Å². The van der Waals surface area contributed by atoms with Crippen molar-refractivity contribution in [1.29, 1.82) is 0 Å². The Labute approximate surface area is 135 Å². The van der Waals surface area contributed by atoms with E-state index in [4.69, 9.17) is 5.73 Å². The van der Waals surface area contributed by atoms with Gasteiger partial charge in [0.1, 0.15) is 0 Å². The molecule has 3 nitrogen and oxygen atoms in total. The molecular formula is C18H23NO2S. The minimum absolute atomic E-state index is 0.161. The summed E-state index contributed by atoms with van der Waals surface area (Å²) in [6.45, 7) is 4.97. The summed E-state index contributed by atoms with van der Waals surface area (Å²) >= 11 is 1.71. The van der Waals surface area contributed by atoms with Gasteiger partial charge in [0.2, 0.25) is 0 Å². The Morgan fingerprint density at radius 1 is 1.50 bits per heavy atom. The maximum absolute atomic E-state index is 11.9. The molecule has 0 spiro atoms. The molecule has 0 amide bonds. The quantitative estimate of drug-likeness (QED) is 0.889. The first-order chi connectivity index (χ1) is 10.4. The van der Waals surface area contributed by atoms with Crippen molar-refractivity contribution in [2.75, 3.05) is 6.54 Å². The van der Waals surface area contributed by atoms with Gasteiger partial charge in [-0.2, -0.15) is 0 Å². The van der Waals surface area contributed by atoms with Gasteiger partial charge in [0, 0.05) is 22.2 Å². The minimum Gasteiger partial charge on any atom is -0.478 e. The fourth-order valence-electron chi connectivity index (χ4n) is 3.50. The van der Waals surface area contributed by atoms with Crippen LogP contribution in [-0.2, 0) is 12.8 Å². The Hall–Kier alpha value is -1.39. The molecule has 0 saturated heterocycles.